The van der Waals surface area contributed by atoms with Gasteiger partial charge in [-0.1, -0.05) is 145 Å². The Morgan fingerprint density at radius 2 is 0.802 bits per heavy atom. The smallest absolute Gasteiger partial charge is 0.236 e. The van der Waals surface area contributed by atoms with E-state index in [2.05, 4.69) is 202 Å². The molecular formula is C98H191N15O13. The molecule has 736 valence electrons. The Bertz CT molecular complexity index is 3030. The van der Waals surface area contributed by atoms with Gasteiger partial charge in [-0.25, -0.2) is 0 Å². The van der Waals surface area contributed by atoms with Crippen LogP contribution in [0.1, 0.15) is 242 Å². The lowest BCUT2D eigenvalue weighted by Gasteiger charge is -2.48. The van der Waals surface area contributed by atoms with Crippen LogP contribution in [0.3, 0.4) is 0 Å². The first kappa shape index (κ1) is 114. The highest BCUT2D eigenvalue weighted by Gasteiger charge is 2.40. The summed E-state index contributed by atoms with van der Waals surface area (Å²) in [6.45, 7) is 83.0. The van der Waals surface area contributed by atoms with Gasteiger partial charge in [-0.05, 0) is 109 Å². The quantitative estimate of drug-likeness (QED) is 0.0621. The van der Waals surface area contributed by atoms with Crippen LogP contribution in [0.15, 0.2) is 0 Å². The molecule has 10 saturated heterocycles. The molecule has 0 aromatic carbocycles. The van der Waals surface area contributed by atoms with E-state index in [-0.39, 0.29) is 76.1 Å². The van der Waals surface area contributed by atoms with Crippen molar-refractivity contribution in [3.05, 3.63) is 0 Å². The Kier molecular flexibility index (Phi) is 50.7. The van der Waals surface area contributed by atoms with Crippen molar-refractivity contribution in [3.63, 3.8) is 0 Å². The number of morpholine rings is 1. The Morgan fingerprint density at radius 3 is 1.16 bits per heavy atom. The Balaban J connectivity index is 0.000000312. The number of β-amino-alcohol motifs (C(OH)–C–C–N with tert-alkyl or cyclic N) is 1. The summed E-state index contributed by atoms with van der Waals surface area (Å²) in [4.78, 5) is 115. The molecule has 0 aliphatic carbocycles. The maximum absolute atomic E-state index is 12.4. The zero-order valence-corrected chi connectivity index (χ0v) is 85.0. The lowest BCUT2D eigenvalue weighted by molar-refractivity contribution is -0.138. The third-order valence-electron chi connectivity index (χ3n) is 25.0. The molecule has 28 heteroatoms. The molecule has 10 rings (SSSR count). The second-order valence-corrected chi connectivity index (χ2v) is 46.3. The second kappa shape index (κ2) is 56.0. The average Bonchev–Trinajstić information content (AvgIpc) is 0.812. The molecule has 0 aromatic heterocycles. The maximum Gasteiger partial charge on any atom is 0.236 e. The number of aliphatic hydroxyl groups excluding tert-OH is 3. The molecular weight excluding hydrogens is 1600 g/mol. The summed E-state index contributed by atoms with van der Waals surface area (Å²) in [5, 5.41) is 29.7. The lowest BCUT2D eigenvalue weighted by atomic mass is 9.86. The molecule has 4 N–H and O–H groups in total. The summed E-state index contributed by atoms with van der Waals surface area (Å²) in [7, 11) is 3.63. The first-order chi connectivity index (χ1) is 58.8. The van der Waals surface area contributed by atoms with Gasteiger partial charge in [0.2, 0.25) is 41.4 Å². The molecule has 0 unspecified atom stereocenters. The number of nitrogens with one attached hydrogen (secondary N) is 1. The zero-order chi connectivity index (χ0) is 94.3. The molecule has 0 bridgehead atoms. The number of nitrogens with zero attached hydrogens (tertiary/aromatic N) is 14. The third kappa shape index (κ3) is 49.5. The van der Waals surface area contributed by atoms with E-state index in [4.69, 9.17) is 29.5 Å². The average molecular weight is 1790 g/mol. The van der Waals surface area contributed by atoms with Crippen LogP contribution in [-0.2, 0) is 47.8 Å². The molecule has 1 atom stereocenters. The molecule has 7 amide bonds. The first-order valence-corrected chi connectivity index (χ1v) is 49.0. The predicted molar refractivity (Wildman–Crippen MR) is 510 cm³/mol. The number of piperazine rings is 5. The van der Waals surface area contributed by atoms with E-state index in [1.54, 1.807) is 4.90 Å². The minimum absolute atomic E-state index is 0.0619. The summed E-state index contributed by atoms with van der Waals surface area (Å²) < 4.78 is 16.0. The van der Waals surface area contributed by atoms with E-state index in [1.807, 2.05) is 33.7 Å². The fourth-order valence-electron chi connectivity index (χ4n) is 17.5. The molecule has 28 nitrogen and oxygen atoms in total. The Morgan fingerprint density at radius 1 is 0.421 bits per heavy atom. The number of ether oxygens (including phenoxy) is 3. The fourth-order valence-corrected chi connectivity index (χ4v) is 17.5. The fraction of sp³-hybridized carbons (Fsp3) is 0.929. The van der Waals surface area contributed by atoms with Gasteiger partial charge in [0.1, 0.15) is 0 Å². The Labute approximate surface area is 767 Å². The molecule has 0 radical (unpaired) electrons. The van der Waals surface area contributed by atoms with Gasteiger partial charge in [0, 0.05) is 279 Å². The van der Waals surface area contributed by atoms with Gasteiger partial charge < -0.3 is 74.0 Å². The number of likely N-dealkylation sites (N-methyl/N-ethyl adjacent to an activating group) is 1. The van der Waals surface area contributed by atoms with Crippen molar-refractivity contribution >= 4 is 41.4 Å². The van der Waals surface area contributed by atoms with Crippen molar-refractivity contribution in [2.75, 3.05) is 290 Å². The lowest BCUT2D eigenvalue weighted by Crippen LogP contribution is -2.57. The molecule has 0 aromatic rings. The second-order valence-electron chi connectivity index (χ2n) is 46.3. The van der Waals surface area contributed by atoms with Crippen molar-refractivity contribution in [2.24, 2.45) is 49.7 Å². The highest BCUT2D eigenvalue weighted by molar-refractivity contribution is 5.79. The number of carbonyl (C=O) groups excluding carboxylic acids is 7. The number of aliphatic hydroxyl groups is 3. The highest BCUT2D eigenvalue weighted by Crippen LogP contribution is 2.33. The van der Waals surface area contributed by atoms with Crippen molar-refractivity contribution in [1.29, 1.82) is 0 Å². The van der Waals surface area contributed by atoms with E-state index in [9.17, 15) is 33.6 Å². The number of amides is 7. The van der Waals surface area contributed by atoms with Crippen LogP contribution in [0.4, 0.5) is 0 Å². The number of rotatable bonds is 25. The molecule has 0 spiro atoms. The zero-order valence-electron chi connectivity index (χ0n) is 85.0. The van der Waals surface area contributed by atoms with E-state index in [1.165, 1.54) is 25.8 Å². The van der Waals surface area contributed by atoms with Crippen LogP contribution < -0.4 is 5.32 Å². The van der Waals surface area contributed by atoms with E-state index in [0.29, 0.717) is 98.7 Å². The van der Waals surface area contributed by atoms with E-state index in [0.717, 1.165) is 267 Å². The monoisotopic (exact) mass is 1790 g/mol. The first-order valence-electron chi connectivity index (χ1n) is 49.0. The van der Waals surface area contributed by atoms with Gasteiger partial charge >= 0.3 is 0 Å². The molecule has 126 heavy (non-hydrogen) atoms. The third-order valence-corrected chi connectivity index (χ3v) is 25.0. The predicted octanol–water partition coefficient (Wildman–Crippen LogP) is 8.97. The molecule has 0 saturated carbocycles. The van der Waals surface area contributed by atoms with E-state index >= 15 is 0 Å². The van der Waals surface area contributed by atoms with E-state index < -0.39 is 0 Å². The number of hydrogen-bond donors (Lipinski definition) is 4. The van der Waals surface area contributed by atoms with Gasteiger partial charge in [0.25, 0.3) is 0 Å². The standard InChI is InChI=1S/C20H38N4O2.C16H30N2O2.C15H28N2O2.C14H28N2O3.C13H26N2O2.C11H22N2O2.C9H19N/c1-20(2,3)14-18(25)24-8-6-17(7-9-24)15-22-10-12-23(13-11-22)16-19(26)21(4)5;1-15(2,3)13-14(19)17-7-5-16(4,6-8-17)18-9-11-20-12-10-18;1-14(2,3)9-13(18)17-7-5-16(6-8-17)10-15(4)11-19-12-15;1-14(2,3)12-13(18)16-6-4-15(5-7-16)8-10-19-11-9-17;1-13(2,3)11-12(17)15-8-6-14(7-9-15)5-4-10-16;1-10(2)9-11(15)13-5-3-12(4-6-13)7-8-14;1-9(2,3)7-8-5-4-6-10-8/h17H,6-16H2,1-5H3;5-13H2,1-4H3;5-12H2,1-4H3;17H,4-12H2,1-3H3;16H,4-11H2,1-3H3;10,14H,3-9H2,1-2H3;8,10H,4-7H2,1-3H3/t;;;;;;8-/m......1/s1. The van der Waals surface area contributed by atoms with Crippen LogP contribution >= 0.6 is 0 Å². The SMILES string of the molecule is CC(C)(C)CC(=O)N1CCC(C)(N2CCOCC2)CC1.CC(C)(C)CC(=O)N1CCN(CC2(C)COC2)CC1.CC(C)(C)CC(=O)N1CCN(CCCO)CC1.CC(C)(C)CC(=O)N1CCN(CCOCCO)CC1.CC(C)(C)C[C@H]1CCCN1.CC(C)CC(=O)N1CCN(CCO)CC1.CN(C)C(=O)CN1CCN(CC2CCN(C(=O)CC(C)(C)C)CC2)CC1. The van der Waals surface area contributed by atoms with Crippen molar-refractivity contribution in [3.8, 4) is 0 Å². The number of carbonyl (C=O) groups is 7. The largest absolute Gasteiger partial charge is 0.396 e. The van der Waals surface area contributed by atoms with Crippen molar-refractivity contribution in [1.82, 2.24) is 73.9 Å². The maximum atomic E-state index is 12.4. The van der Waals surface area contributed by atoms with Crippen LogP contribution in [-0.4, -0.2) is 426 Å². The summed E-state index contributed by atoms with van der Waals surface area (Å²) >= 11 is 0. The number of piperidine rings is 2. The van der Waals surface area contributed by atoms with Gasteiger partial charge in [0.05, 0.1) is 59.4 Å². The van der Waals surface area contributed by atoms with Gasteiger partial charge in [0.15, 0.2) is 0 Å². The molecule has 10 aliphatic heterocycles. The molecule has 10 aliphatic rings. The Hall–Kier alpha value is -4.27. The van der Waals surface area contributed by atoms with Crippen LogP contribution in [0.2, 0.25) is 0 Å². The minimum Gasteiger partial charge on any atom is -0.396 e. The van der Waals surface area contributed by atoms with Gasteiger partial charge in [-0.2, -0.15) is 0 Å². The van der Waals surface area contributed by atoms with Gasteiger partial charge in [-0.3, -0.25) is 63.0 Å². The summed E-state index contributed by atoms with van der Waals surface area (Å²) in [6.07, 6.45) is 13.2. The highest BCUT2D eigenvalue weighted by atomic mass is 16.5. The number of hydrogen-bond acceptors (Lipinski definition) is 21. The molecule has 10 fully saturated rings. The number of likely N-dealkylation sites (tertiary alicyclic amines) is 2. The topological polar surface area (TPSA) is 265 Å². The summed E-state index contributed by atoms with van der Waals surface area (Å²) in [5.74, 6) is 3.08. The normalized spacial score (nSPS) is 21.4. The van der Waals surface area contributed by atoms with Gasteiger partial charge in [-0.15, -0.1) is 0 Å². The van der Waals surface area contributed by atoms with Crippen molar-refractivity contribution in [2.45, 2.75) is 254 Å². The van der Waals surface area contributed by atoms with Crippen LogP contribution in [0.5, 0.6) is 0 Å². The van der Waals surface area contributed by atoms with Crippen LogP contribution in [0.25, 0.3) is 0 Å². The van der Waals surface area contributed by atoms with Crippen molar-refractivity contribution < 1.29 is 63.1 Å². The summed E-state index contributed by atoms with van der Waals surface area (Å²) in [5.41, 5.74) is 1.48. The van der Waals surface area contributed by atoms with Crippen LogP contribution in [0, 0.1) is 49.7 Å². The minimum atomic E-state index is 0.0619. The molecule has 10 heterocycles. The summed E-state index contributed by atoms with van der Waals surface area (Å²) in [6, 6.07) is 0.806.